The quantitative estimate of drug-likeness (QED) is 0.843. The van der Waals surface area contributed by atoms with Crippen molar-refractivity contribution in [3.05, 3.63) is 56.9 Å². The lowest BCUT2D eigenvalue weighted by Crippen LogP contribution is -2.35. The number of H-pyrrole nitrogens is 1. The van der Waals surface area contributed by atoms with Crippen molar-refractivity contribution >= 4 is 5.91 Å². The molecule has 1 aliphatic rings. The highest BCUT2D eigenvalue weighted by Crippen LogP contribution is 2.20. The number of carbonyl (C=O) groups excluding carboxylic acids is 1. The van der Waals surface area contributed by atoms with Crippen LogP contribution in [0, 0.1) is 0 Å². The normalized spacial score (nSPS) is 14.8. The second-order valence-corrected chi connectivity index (χ2v) is 6.36. The maximum absolute atomic E-state index is 12.7. The van der Waals surface area contributed by atoms with Crippen molar-refractivity contribution in [1.29, 1.82) is 0 Å². The second-order valence-electron chi connectivity index (χ2n) is 6.36. The molecule has 0 spiro atoms. The van der Waals surface area contributed by atoms with Gasteiger partial charge in [-0.05, 0) is 49.4 Å². The molecule has 6 nitrogen and oxygen atoms in total. The van der Waals surface area contributed by atoms with E-state index in [0.717, 1.165) is 49.1 Å². The molecule has 0 fully saturated rings. The Morgan fingerprint density at radius 1 is 1.36 bits per heavy atom. The van der Waals surface area contributed by atoms with Gasteiger partial charge in [0, 0.05) is 19.2 Å². The summed E-state index contributed by atoms with van der Waals surface area (Å²) in [6.45, 7) is 2.27. The van der Waals surface area contributed by atoms with Gasteiger partial charge in [0.15, 0.2) is 0 Å². The number of nitrogens with one attached hydrogen (secondary N) is 2. The number of hydrogen-bond acceptors (Lipinski definition) is 4. The van der Waals surface area contributed by atoms with Crippen LogP contribution >= 0.6 is 0 Å². The molecule has 2 heterocycles. The Balaban J connectivity index is 1.82. The van der Waals surface area contributed by atoms with Gasteiger partial charge in [0.2, 0.25) is 0 Å². The van der Waals surface area contributed by atoms with E-state index in [0.29, 0.717) is 5.76 Å². The van der Waals surface area contributed by atoms with E-state index in [2.05, 4.69) is 10.3 Å². The third-order valence-electron chi connectivity index (χ3n) is 4.60. The van der Waals surface area contributed by atoms with Crippen molar-refractivity contribution < 1.29 is 13.9 Å². The number of hydrogen-bond donors (Lipinski definition) is 2. The minimum Gasteiger partial charge on any atom is -0.464 e. The van der Waals surface area contributed by atoms with Crippen LogP contribution in [0.2, 0.25) is 0 Å². The van der Waals surface area contributed by atoms with Gasteiger partial charge in [-0.15, -0.1) is 0 Å². The molecule has 6 heteroatoms. The summed E-state index contributed by atoms with van der Waals surface area (Å²) in [4.78, 5) is 27.8. The molecule has 1 atom stereocenters. The molecule has 3 rings (SSSR count). The molecule has 0 bridgehead atoms. The fraction of sp³-hybridized carbons (Fsp3) is 0.474. The fourth-order valence-corrected chi connectivity index (χ4v) is 3.21. The van der Waals surface area contributed by atoms with Gasteiger partial charge in [-0.25, -0.2) is 0 Å². The predicted molar refractivity (Wildman–Crippen MR) is 93.9 cm³/mol. The van der Waals surface area contributed by atoms with Crippen molar-refractivity contribution in [3.63, 3.8) is 0 Å². The number of ether oxygens (including phenoxy) is 1. The highest BCUT2D eigenvalue weighted by atomic mass is 16.5. The summed E-state index contributed by atoms with van der Waals surface area (Å²) in [5, 5.41) is 2.86. The molecule has 2 aromatic heterocycles. The topological polar surface area (TPSA) is 84.3 Å². The number of aryl methyl sites for hydroxylation is 3. The monoisotopic (exact) mass is 344 g/mol. The van der Waals surface area contributed by atoms with Gasteiger partial charge in [-0.3, -0.25) is 9.59 Å². The summed E-state index contributed by atoms with van der Waals surface area (Å²) in [6.07, 6.45) is 4.69. The molecule has 0 unspecified atom stereocenters. The van der Waals surface area contributed by atoms with Crippen LogP contribution < -0.4 is 10.9 Å². The van der Waals surface area contributed by atoms with E-state index in [9.17, 15) is 9.59 Å². The third kappa shape index (κ3) is 3.85. The Labute approximate surface area is 146 Å². The number of furan rings is 1. The van der Waals surface area contributed by atoms with Crippen molar-refractivity contribution in [2.24, 2.45) is 0 Å². The Kier molecular flexibility index (Phi) is 5.38. The Hall–Kier alpha value is -2.34. The first kappa shape index (κ1) is 17.5. The van der Waals surface area contributed by atoms with Crippen LogP contribution in [0.15, 0.2) is 27.4 Å². The molecule has 1 aliphatic carbocycles. The summed E-state index contributed by atoms with van der Waals surface area (Å²) < 4.78 is 10.9. The Morgan fingerprint density at radius 2 is 2.16 bits per heavy atom. The van der Waals surface area contributed by atoms with Crippen LogP contribution in [0.3, 0.4) is 0 Å². The summed E-state index contributed by atoms with van der Waals surface area (Å²) in [7, 11) is 1.56. The van der Waals surface area contributed by atoms with Gasteiger partial charge in [0.1, 0.15) is 23.1 Å². The van der Waals surface area contributed by atoms with E-state index in [1.54, 1.807) is 13.2 Å². The Morgan fingerprint density at radius 3 is 2.88 bits per heavy atom. The number of carbonyl (C=O) groups is 1. The number of rotatable bonds is 6. The van der Waals surface area contributed by atoms with Crippen LogP contribution in [-0.4, -0.2) is 24.6 Å². The van der Waals surface area contributed by atoms with E-state index in [1.807, 2.05) is 19.1 Å². The second kappa shape index (κ2) is 7.70. The van der Waals surface area contributed by atoms with Gasteiger partial charge in [-0.2, -0.15) is 0 Å². The van der Waals surface area contributed by atoms with Gasteiger partial charge >= 0.3 is 0 Å². The zero-order chi connectivity index (χ0) is 17.8. The summed E-state index contributed by atoms with van der Waals surface area (Å²) in [5.74, 6) is 1.06. The molecular formula is C19H24N2O4. The van der Waals surface area contributed by atoms with Crippen LogP contribution in [0.25, 0.3) is 0 Å². The van der Waals surface area contributed by atoms with Crippen LogP contribution in [0.4, 0.5) is 0 Å². The lowest BCUT2D eigenvalue weighted by molar-refractivity contribution is 0.0880. The van der Waals surface area contributed by atoms with Gasteiger partial charge in [0.05, 0.1) is 6.61 Å². The maximum atomic E-state index is 12.7. The minimum atomic E-state index is -0.437. The van der Waals surface area contributed by atoms with Gasteiger partial charge in [-0.1, -0.05) is 6.92 Å². The first-order valence-corrected chi connectivity index (χ1v) is 8.75. The number of amides is 1. The number of aromatic nitrogens is 1. The van der Waals surface area contributed by atoms with Crippen molar-refractivity contribution in [2.45, 2.75) is 45.1 Å². The number of pyridine rings is 1. The predicted octanol–water partition coefficient (Wildman–Crippen LogP) is 2.53. The van der Waals surface area contributed by atoms with E-state index in [-0.39, 0.29) is 17.7 Å². The average molecular weight is 344 g/mol. The van der Waals surface area contributed by atoms with Crippen molar-refractivity contribution in [3.8, 4) is 0 Å². The molecule has 0 saturated carbocycles. The molecule has 25 heavy (non-hydrogen) atoms. The van der Waals surface area contributed by atoms with Crippen molar-refractivity contribution in [1.82, 2.24) is 10.3 Å². The summed E-state index contributed by atoms with van der Waals surface area (Å²) in [6, 6.07) is 5.01. The molecule has 0 aromatic carbocycles. The van der Waals surface area contributed by atoms with Gasteiger partial charge < -0.3 is 19.5 Å². The minimum absolute atomic E-state index is 0.143. The van der Waals surface area contributed by atoms with Crippen LogP contribution in [0.1, 0.15) is 58.9 Å². The van der Waals surface area contributed by atoms with Crippen molar-refractivity contribution in [2.75, 3.05) is 13.7 Å². The molecule has 0 saturated heterocycles. The van der Waals surface area contributed by atoms with Crippen LogP contribution in [-0.2, 0) is 24.0 Å². The molecule has 1 amide bonds. The summed E-state index contributed by atoms with van der Waals surface area (Å²) >= 11 is 0. The number of methoxy groups -OCH3 is 1. The van der Waals surface area contributed by atoms with Gasteiger partial charge in [0.25, 0.3) is 11.5 Å². The fourth-order valence-electron chi connectivity index (χ4n) is 3.21. The molecular weight excluding hydrogens is 320 g/mol. The number of fused-ring (bicyclic) bond motifs is 1. The highest BCUT2D eigenvalue weighted by molar-refractivity contribution is 5.94. The number of aromatic amines is 1. The SMILES string of the molecule is CCc1ccc([C@H](COC)NC(=O)c2cc3c([nH]c2=O)CCCC3)o1. The van der Waals surface area contributed by atoms with E-state index in [4.69, 9.17) is 9.15 Å². The lowest BCUT2D eigenvalue weighted by Gasteiger charge is -2.18. The Bertz CT molecular complexity index is 806. The molecule has 2 aromatic rings. The summed E-state index contributed by atoms with van der Waals surface area (Å²) in [5.41, 5.74) is 1.82. The molecule has 2 N–H and O–H groups in total. The first-order valence-electron chi connectivity index (χ1n) is 8.75. The van der Waals surface area contributed by atoms with Crippen LogP contribution in [0.5, 0.6) is 0 Å². The van der Waals surface area contributed by atoms with E-state index < -0.39 is 11.9 Å². The molecule has 0 aliphatic heterocycles. The van der Waals surface area contributed by atoms with E-state index in [1.165, 1.54) is 0 Å². The zero-order valence-electron chi connectivity index (χ0n) is 14.7. The van der Waals surface area contributed by atoms with E-state index >= 15 is 0 Å². The third-order valence-corrected chi connectivity index (χ3v) is 4.60. The average Bonchev–Trinajstić information content (AvgIpc) is 3.09. The zero-order valence-corrected chi connectivity index (χ0v) is 14.7. The lowest BCUT2D eigenvalue weighted by atomic mass is 9.95. The first-order chi connectivity index (χ1) is 12.1. The standard InChI is InChI=1S/C19H24N2O4/c1-3-13-8-9-17(25-13)16(11-24-2)21-19(23)14-10-12-6-4-5-7-15(12)20-18(14)22/h8-10,16H,3-7,11H2,1-2H3,(H,20,22)(H,21,23)/t16-/m0/s1. The molecule has 134 valence electrons. The highest BCUT2D eigenvalue weighted by Gasteiger charge is 2.22. The molecule has 0 radical (unpaired) electrons. The smallest absolute Gasteiger partial charge is 0.261 e. The largest absolute Gasteiger partial charge is 0.464 e. The maximum Gasteiger partial charge on any atom is 0.261 e.